The molecule has 0 aromatic heterocycles. The largest absolute Gasteiger partial charge is 0.484 e. The van der Waals surface area contributed by atoms with Gasteiger partial charge in [0, 0.05) is 22.6 Å². The average Bonchev–Trinajstić information content (AvgIpc) is 2.76. The van der Waals surface area contributed by atoms with E-state index >= 15 is 0 Å². The zero-order chi connectivity index (χ0) is 23.8. The fraction of sp³-hybridized carbons (Fsp3) is 0.440. The van der Waals surface area contributed by atoms with Gasteiger partial charge in [-0.3, -0.25) is 9.59 Å². The van der Waals surface area contributed by atoms with E-state index in [4.69, 9.17) is 27.9 Å². The quantitative estimate of drug-likeness (QED) is 0.475. The van der Waals surface area contributed by atoms with E-state index in [1.54, 1.807) is 23.1 Å². The van der Waals surface area contributed by atoms with Crippen LogP contribution < -0.4 is 10.1 Å². The van der Waals surface area contributed by atoms with Crippen molar-refractivity contribution in [2.75, 3.05) is 6.61 Å². The molecule has 0 aliphatic heterocycles. The predicted octanol–water partition coefficient (Wildman–Crippen LogP) is 5.71. The van der Waals surface area contributed by atoms with Crippen LogP contribution in [0.15, 0.2) is 36.4 Å². The molecule has 7 heteroatoms. The van der Waals surface area contributed by atoms with Crippen LogP contribution in [0.5, 0.6) is 5.75 Å². The lowest BCUT2D eigenvalue weighted by molar-refractivity contribution is -0.143. The van der Waals surface area contributed by atoms with Crippen LogP contribution in [0, 0.1) is 13.8 Å². The molecule has 0 bridgehead atoms. The van der Waals surface area contributed by atoms with Crippen molar-refractivity contribution >= 4 is 35.0 Å². The number of carbonyl (C=O) groups excluding carboxylic acids is 2. The van der Waals surface area contributed by atoms with Crippen LogP contribution in [0.25, 0.3) is 0 Å². The van der Waals surface area contributed by atoms with Crippen molar-refractivity contribution in [1.82, 2.24) is 10.2 Å². The van der Waals surface area contributed by atoms with Gasteiger partial charge in [-0.15, -0.1) is 0 Å². The van der Waals surface area contributed by atoms with Gasteiger partial charge in [-0.05, 0) is 68.5 Å². The number of nitrogens with zero attached hydrogens (tertiary/aromatic N) is 1. The van der Waals surface area contributed by atoms with Crippen molar-refractivity contribution in [3.05, 3.63) is 63.1 Å². The molecule has 0 aliphatic carbocycles. The molecule has 0 heterocycles. The standard InChI is InChI=1S/C25H32Cl2N2O3/c1-6-18(5)28-25(31)22(7-2)29(14-19-10-8-9-11-21(19)26)23(30)15-32-20-12-16(3)24(27)17(4)13-20/h8-13,18,22H,6-7,14-15H2,1-5H3,(H,28,31)/t18-,22-/m1/s1. The zero-order valence-corrected chi connectivity index (χ0v) is 20.9. The smallest absolute Gasteiger partial charge is 0.261 e. The van der Waals surface area contributed by atoms with E-state index in [-0.39, 0.29) is 31.0 Å². The molecule has 2 aromatic rings. The van der Waals surface area contributed by atoms with Crippen LogP contribution >= 0.6 is 23.2 Å². The Morgan fingerprint density at radius 2 is 1.69 bits per heavy atom. The lowest BCUT2D eigenvalue weighted by Crippen LogP contribution is -2.51. The highest BCUT2D eigenvalue weighted by Crippen LogP contribution is 2.26. The van der Waals surface area contributed by atoms with Gasteiger partial charge in [0.15, 0.2) is 6.61 Å². The van der Waals surface area contributed by atoms with E-state index in [0.717, 1.165) is 23.1 Å². The Morgan fingerprint density at radius 3 is 2.25 bits per heavy atom. The van der Waals surface area contributed by atoms with Gasteiger partial charge in [-0.25, -0.2) is 0 Å². The fourth-order valence-electron chi connectivity index (χ4n) is 3.39. The van der Waals surface area contributed by atoms with E-state index in [9.17, 15) is 9.59 Å². The molecule has 2 atom stereocenters. The molecule has 32 heavy (non-hydrogen) atoms. The van der Waals surface area contributed by atoms with E-state index in [1.165, 1.54) is 0 Å². The van der Waals surface area contributed by atoms with Gasteiger partial charge < -0.3 is 15.0 Å². The number of benzene rings is 2. The lowest BCUT2D eigenvalue weighted by Gasteiger charge is -2.31. The number of hydrogen-bond donors (Lipinski definition) is 1. The third kappa shape index (κ3) is 6.88. The summed E-state index contributed by atoms with van der Waals surface area (Å²) in [4.78, 5) is 27.8. The number of rotatable bonds is 10. The minimum atomic E-state index is -0.634. The monoisotopic (exact) mass is 478 g/mol. The van der Waals surface area contributed by atoms with Crippen LogP contribution in [0.2, 0.25) is 10.0 Å². The Kier molecular flexibility index (Phi) is 9.85. The van der Waals surface area contributed by atoms with E-state index in [2.05, 4.69) is 5.32 Å². The lowest BCUT2D eigenvalue weighted by atomic mass is 10.1. The maximum atomic E-state index is 13.3. The summed E-state index contributed by atoms with van der Waals surface area (Å²) in [5, 5.41) is 4.22. The van der Waals surface area contributed by atoms with Crippen LogP contribution in [0.3, 0.4) is 0 Å². The van der Waals surface area contributed by atoms with Gasteiger partial charge in [-0.2, -0.15) is 0 Å². The third-order valence-electron chi connectivity index (χ3n) is 5.46. The Labute approximate surface area is 201 Å². The summed E-state index contributed by atoms with van der Waals surface area (Å²) in [5.41, 5.74) is 2.53. The second kappa shape index (κ2) is 12.1. The molecule has 0 unspecified atom stereocenters. The normalized spacial score (nSPS) is 12.7. The van der Waals surface area contributed by atoms with Gasteiger partial charge in [0.1, 0.15) is 11.8 Å². The first-order valence-corrected chi connectivity index (χ1v) is 11.7. The van der Waals surface area contributed by atoms with Crippen molar-refractivity contribution in [1.29, 1.82) is 0 Å². The first-order valence-electron chi connectivity index (χ1n) is 10.9. The van der Waals surface area contributed by atoms with Gasteiger partial charge in [0.25, 0.3) is 5.91 Å². The number of aryl methyl sites for hydroxylation is 2. The highest BCUT2D eigenvalue weighted by molar-refractivity contribution is 6.32. The van der Waals surface area contributed by atoms with Gasteiger partial charge in [0.2, 0.25) is 5.91 Å². The topological polar surface area (TPSA) is 58.6 Å². The first-order chi connectivity index (χ1) is 15.2. The summed E-state index contributed by atoms with van der Waals surface area (Å²) in [6.45, 7) is 9.63. The summed E-state index contributed by atoms with van der Waals surface area (Å²) in [6.07, 6.45) is 1.27. The maximum Gasteiger partial charge on any atom is 0.261 e. The number of ether oxygens (including phenoxy) is 1. The minimum Gasteiger partial charge on any atom is -0.484 e. The van der Waals surface area contributed by atoms with Crippen molar-refractivity contribution in [2.24, 2.45) is 0 Å². The molecule has 2 amide bonds. The molecule has 0 spiro atoms. The molecule has 174 valence electrons. The molecule has 0 aliphatic rings. The maximum absolute atomic E-state index is 13.3. The molecule has 1 N–H and O–H groups in total. The SMILES string of the molecule is CC[C@@H](C)NC(=O)[C@@H](CC)N(Cc1ccccc1Cl)C(=O)COc1cc(C)c(Cl)c(C)c1. The summed E-state index contributed by atoms with van der Waals surface area (Å²) in [7, 11) is 0. The molecule has 0 radical (unpaired) electrons. The minimum absolute atomic E-state index is 0.0186. The molecule has 2 aromatic carbocycles. The predicted molar refractivity (Wildman–Crippen MR) is 130 cm³/mol. The van der Waals surface area contributed by atoms with Crippen molar-refractivity contribution < 1.29 is 14.3 Å². The van der Waals surface area contributed by atoms with Crippen LogP contribution in [0.4, 0.5) is 0 Å². The first kappa shape index (κ1) is 26.0. The molecule has 5 nitrogen and oxygen atoms in total. The van der Waals surface area contributed by atoms with Crippen molar-refractivity contribution in [2.45, 2.75) is 66.1 Å². The number of halogens is 2. The van der Waals surface area contributed by atoms with E-state index in [0.29, 0.717) is 22.2 Å². The van der Waals surface area contributed by atoms with E-state index < -0.39 is 6.04 Å². The highest BCUT2D eigenvalue weighted by Gasteiger charge is 2.30. The van der Waals surface area contributed by atoms with Crippen LogP contribution in [-0.4, -0.2) is 35.4 Å². The molecular weight excluding hydrogens is 447 g/mol. The number of nitrogens with one attached hydrogen (secondary N) is 1. The van der Waals surface area contributed by atoms with Crippen molar-refractivity contribution in [3.63, 3.8) is 0 Å². The average molecular weight is 479 g/mol. The Hall–Kier alpha value is -2.24. The number of amides is 2. The molecular formula is C25H32Cl2N2O3. The molecule has 0 saturated heterocycles. The molecule has 0 saturated carbocycles. The van der Waals surface area contributed by atoms with Gasteiger partial charge >= 0.3 is 0 Å². The second-order valence-corrected chi connectivity index (χ2v) is 8.80. The third-order valence-corrected chi connectivity index (χ3v) is 6.42. The fourth-order valence-corrected chi connectivity index (χ4v) is 3.69. The molecule has 2 rings (SSSR count). The van der Waals surface area contributed by atoms with Crippen LogP contribution in [-0.2, 0) is 16.1 Å². The number of hydrogen-bond acceptors (Lipinski definition) is 3. The summed E-state index contributed by atoms with van der Waals surface area (Å²) < 4.78 is 5.80. The Bertz CT molecular complexity index is 926. The van der Waals surface area contributed by atoms with Crippen molar-refractivity contribution in [3.8, 4) is 5.75 Å². The van der Waals surface area contributed by atoms with Gasteiger partial charge in [-0.1, -0.05) is 55.2 Å². The van der Waals surface area contributed by atoms with Gasteiger partial charge in [0.05, 0.1) is 0 Å². The summed E-state index contributed by atoms with van der Waals surface area (Å²) in [6, 6.07) is 10.3. The summed E-state index contributed by atoms with van der Waals surface area (Å²) >= 11 is 12.6. The highest BCUT2D eigenvalue weighted by atomic mass is 35.5. The molecule has 0 fully saturated rings. The Balaban J connectivity index is 2.26. The van der Waals surface area contributed by atoms with Crippen LogP contribution in [0.1, 0.15) is 50.3 Å². The summed E-state index contributed by atoms with van der Waals surface area (Å²) in [5.74, 6) is 0.0920. The van der Waals surface area contributed by atoms with E-state index in [1.807, 2.05) is 52.8 Å². The number of carbonyl (C=O) groups is 2. The zero-order valence-electron chi connectivity index (χ0n) is 19.4. The second-order valence-electron chi connectivity index (χ2n) is 8.01. The Morgan fingerprint density at radius 1 is 1.06 bits per heavy atom.